The quantitative estimate of drug-likeness (QED) is 0.899. The van der Waals surface area contributed by atoms with Gasteiger partial charge in [0.25, 0.3) is 11.8 Å². The monoisotopic (exact) mass is 275 g/mol. The van der Waals surface area contributed by atoms with E-state index in [-0.39, 0.29) is 11.6 Å². The number of nitrogens with zero attached hydrogens (tertiary/aromatic N) is 1. The summed E-state index contributed by atoms with van der Waals surface area (Å²) in [4.78, 5) is 26.5. The van der Waals surface area contributed by atoms with Crippen molar-refractivity contribution in [2.24, 2.45) is 5.73 Å². The van der Waals surface area contributed by atoms with Crippen LogP contribution in [-0.4, -0.2) is 16.8 Å². The molecule has 2 amide bonds. The van der Waals surface area contributed by atoms with Crippen molar-refractivity contribution in [1.82, 2.24) is 4.98 Å². The van der Waals surface area contributed by atoms with E-state index in [1.165, 1.54) is 18.3 Å². The molecule has 19 heavy (non-hydrogen) atoms. The van der Waals surface area contributed by atoms with Crippen LogP contribution in [-0.2, 0) is 0 Å². The summed E-state index contributed by atoms with van der Waals surface area (Å²) in [5, 5.41) is 3.20. The molecule has 0 aliphatic heterocycles. The Morgan fingerprint density at radius 3 is 2.58 bits per heavy atom. The van der Waals surface area contributed by atoms with E-state index < -0.39 is 5.91 Å². The molecule has 1 heterocycles. The second-order valence-electron chi connectivity index (χ2n) is 3.76. The normalized spacial score (nSPS) is 9.95. The van der Waals surface area contributed by atoms with Gasteiger partial charge in [0.2, 0.25) is 0 Å². The molecule has 96 valence electrons. The highest BCUT2D eigenvalue weighted by Crippen LogP contribution is 2.15. The third-order valence-electron chi connectivity index (χ3n) is 2.36. The highest BCUT2D eigenvalue weighted by atomic mass is 35.5. The number of amides is 2. The zero-order valence-corrected chi connectivity index (χ0v) is 10.5. The van der Waals surface area contributed by atoms with E-state index in [4.69, 9.17) is 17.3 Å². The lowest BCUT2D eigenvalue weighted by molar-refractivity contribution is 0.0990. The number of hydrogen-bond acceptors (Lipinski definition) is 3. The molecule has 2 aromatic rings. The number of pyridine rings is 1. The van der Waals surface area contributed by atoms with Crippen LogP contribution in [0.1, 0.15) is 20.8 Å². The van der Waals surface area contributed by atoms with Crippen LogP contribution in [0.3, 0.4) is 0 Å². The third kappa shape index (κ3) is 3.29. The zero-order chi connectivity index (χ0) is 13.8. The smallest absolute Gasteiger partial charge is 0.267 e. The first kappa shape index (κ1) is 13.0. The SMILES string of the molecule is NC(=O)c1ccc(C(=O)Nc2cccc(Cl)c2)cn1. The summed E-state index contributed by atoms with van der Waals surface area (Å²) >= 11 is 5.81. The van der Waals surface area contributed by atoms with E-state index in [1.807, 2.05) is 0 Å². The maximum atomic E-state index is 11.9. The molecule has 0 fully saturated rings. The summed E-state index contributed by atoms with van der Waals surface area (Å²) in [5.41, 5.74) is 6.08. The van der Waals surface area contributed by atoms with Crippen LogP contribution in [0.25, 0.3) is 0 Å². The Kier molecular flexibility index (Phi) is 3.77. The largest absolute Gasteiger partial charge is 0.364 e. The van der Waals surface area contributed by atoms with Crippen molar-refractivity contribution < 1.29 is 9.59 Å². The van der Waals surface area contributed by atoms with Gasteiger partial charge in [-0.05, 0) is 30.3 Å². The number of rotatable bonds is 3. The minimum atomic E-state index is -0.637. The fourth-order valence-corrected chi connectivity index (χ4v) is 1.63. The summed E-state index contributed by atoms with van der Waals surface area (Å²) in [7, 11) is 0. The van der Waals surface area contributed by atoms with E-state index in [0.717, 1.165) is 0 Å². The van der Waals surface area contributed by atoms with Crippen LogP contribution in [0.2, 0.25) is 5.02 Å². The molecule has 0 bridgehead atoms. The summed E-state index contributed by atoms with van der Waals surface area (Å²) in [6.07, 6.45) is 1.29. The number of halogens is 1. The van der Waals surface area contributed by atoms with Crippen LogP contribution >= 0.6 is 11.6 Å². The fourth-order valence-electron chi connectivity index (χ4n) is 1.44. The average Bonchev–Trinajstić information content (AvgIpc) is 2.39. The Bertz CT molecular complexity index is 626. The van der Waals surface area contributed by atoms with Crippen LogP contribution in [0, 0.1) is 0 Å². The van der Waals surface area contributed by atoms with Crippen molar-refractivity contribution in [3.63, 3.8) is 0 Å². The first-order valence-electron chi connectivity index (χ1n) is 5.39. The number of carbonyl (C=O) groups is 2. The van der Waals surface area contributed by atoms with Gasteiger partial charge in [0, 0.05) is 16.9 Å². The van der Waals surface area contributed by atoms with E-state index in [0.29, 0.717) is 16.3 Å². The maximum Gasteiger partial charge on any atom is 0.267 e. The Hall–Kier alpha value is -2.40. The molecule has 0 radical (unpaired) electrons. The molecule has 3 N–H and O–H groups in total. The Morgan fingerprint density at radius 2 is 2.00 bits per heavy atom. The number of benzene rings is 1. The zero-order valence-electron chi connectivity index (χ0n) is 9.76. The number of hydrogen-bond donors (Lipinski definition) is 2. The van der Waals surface area contributed by atoms with Crippen LogP contribution in [0.5, 0.6) is 0 Å². The lowest BCUT2D eigenvalue weighted by Crippen LogP contribution is -2.15. The summed E-state index contributed by atoms with van der Waals surface area (Å²) in [5.74, 6) is -0.979. The molecule has 6 heteroatoms. The van der Waals surface area contributed by atoms with Gasteiger partial charge in [-0.15, -0.1) is 0 Å². The summed E-state index contributed by atoms with van der Waals surface area (Å²) < 4.78 is 0. The summed E-state index contributed by atoms with van der Waals surface area (Å²) in [6.45, 7) is 0. The molecule has 1 aromatic carbocycles. The number of aromatic nitrogens is 1. The second-order valence-corrected chi connectivity index (χ2v) is 4.20. The third-order valence-corrected chi connectivity index (χ3v) is 2.60. The van der Waals surface area contributed by atoms with E-state index in [1.54, 1.807) is 24.3 Å². The van der Waals surface area contributed by atoms with Crippen LogP contribution in [0.15, 0.2) is 42.6 Å². The minimum absolute atomic E-state index is 0.110. The van der Waals surface area contributed by atoms with Crippen molar-refractivity contribution in [2.45, 2.75) is 0 Å². The molecule has 0 unspecified atom stereocenters. The molecule has 0 spiro atoms. The molecule has 1 aromatic heterocycles. The maximum absolute atomic E-state index is 11.9. The van der Waals surface area contributed by atoms with Crippen molar-refractivity contribution in [3.8, 4) is 0 Å². The van der Waals surface area contributed by atoms with Crippen molar-refractivity contribution in [3.05, 3.63) is 58.9 Å². The fraction of sp³-hybridized carbons (Fsp3) is 0. The number of nitrogens with one attached hydrogen (secondary N) is 1. The number of nitrogens with two attached hydrogens (primary N) is 1. The van der Waals surface area contributed by atoms with E-state index in [2.05, 4.69) is 10.3 Å². The molecule has 0 saturated carbocycles. The molecular weight excluding hydrogens is 266 g/mol. The van der Waals surface area contributed by atoms with Gasteiger partial charge in [-0.3, -0.25) is 14.6 Å². The van der Waals surface area contributed by atoms with Crippen LogP contribution in [0.4, 0.5) is 5.69 Å². The average molecular weight is 276 g/mol. The topological polar surface area (TPSA) is 85.1 Å². The van der Waals surface area contributed by atoms with E-state index in [9.17, 15) is 9.59 Å². The van der Waals surface area contributed by atoms with Gasteiger partial charge in [0.15, 0.2) is 0 Å². The highest BCUT2D eigenvalue weighted by molar-refractivity contribution is 6.30. The van der Waals surface area contributed by atoms with Gasteiger partial charge in [0.05, 0.1) is 5.56 Å². The molecule has 0 atom stereocenters. The van der Waals surface area contributed by atoms with Crippen LogP contribution < -0.4 is 11.1 Å². The van der Waals surface area contributed by atoms with Gasteiger partial charge in [-0.25, -0.2) is 0 Å². The van der Waals surface area contributed by atoms with Gasteiger partial charge >= 0.3 is 0 Å². The predicted octanol–water partition coefficient (Wildman–Crippen LogP) is 2.09. The lowest BCUT2D eigenvalue weighted by atomic mass is 10.2. The summed E-state index contributed by atoms with van der Waals surface area (Å²) in [6, 6.07) is 9.66. The van der Waals surface area contributed by atoms with Crippen molar-refractivity contribution >= 4 is 29.1 Å². The Morgan fingerprint density at radius 1 is 1.21 bits per heavy atom. The van der Waals surface area contributed by atoms with Gasteiger partial charge in [-0.1, -0.05) is 17.7 Å². The van der Waals surface area contributed by atoms with Crippen molar-refractivity contribution in [2.75, 3.05) is 5.32 Å². The molecule has 2 rings (SSSR count). The first-order valence-corrected chi connectivity index (χ1v) is 5.77. The number of anilines is 1. The standard InChI is InChI=1S/C13H10ClN3O2/c14-9-2-1-3-10(6-9)17-13(19)8-4-5-11(12(15)18)16-7-8/h1-7H,(H2,15,18)(H,17,19). The van der Waals surface area contributed by atoms with Gasteiger partial charge < -0.3 is 11.1 Å². The van der Waals surface area contributed by atoms with Crippen molar-refractivity contribution in [1.29, 1.82) is 0 Å². The second kappa shape index (κ2) is 5.49. The predicted molar refractivity (Wildman–Crippen MR) is 72.2 cm³/mol. The van der Waals surface area contributed by atoms with Gasteiger partial charge in [0.1, 0.15) is 5.69 Å². The Labute approximate surface area is 114 Å². The first-order chi connectivity index (χ1) is 9.06. The molecule has 5 nitrogen and oxygen atoms in total. The van der Waals surface area contributed by atoms with E-state index >= 15 is 0 Å². The highest BCUT2D eigenvalue weighted by Gasteiger charge is 2.08. The molecule has 0 aliphatic rings. The van der Waals surface area contributed by atoms with Gasteiger partial charge in [-0.2, -0.15) is 0 Å². The molecule has 0 aliphatic carbocycles. The molecule has 0 saturated heterocycles. The number of carbonyl (C=O) groups excluding carboxylic acids is 2. The Balaban J connectivity index is 2.14. The lowest BCUT2D eigenvalue weighted by Gasteiger charge is -2.05. The molecular formula is C13H10ClN3O2. The minimum Gasteiger partial charge on any atom is -0.364 e. The number of primary amides is 1.